The zero-order chi connectivity index (χ0) is 20.3. The standard InChI is InChI=1S/C23H44O3Si/c1-8-27(9-2,10-3)26-22(5,6)16-17-25-18(4)19-13-14-20-21(24)12-11-15-23(19,20)7/h18-20H,8-17H2,1-7H3/t18?,19?,20?,23-/m1/s1. The Kier molecular flexibility index (Phi) is 7.77. The number of carbonyl (C=O) groups is 1. The van der Waals surface area contributed by atoms with Gasteiger partial charge in [-0.05, 0) is 82.3 Å². The molecule has 2 aliphatic rings. The van der Waals surface area contributed by atoms with Crippen LogP contribution >= 0.6 is 0 Å². The minimum absolute atomic E-state index is 0.114. The highest BCUT2D eigenvalue weighted by Crippen LogP contribution is 2.55. The smallest absolute Gasteiger partial charge is 0.192 e. The van der Waals surface area contributed by atoms with E-state index in [2.05, 4.69) is 48.5 Å². The molecule has 27 heavy (non-hydrogen) atoms. The van der Waals surface area contributed by atoms with Crippen LogP contribution in [-0.4, -0.2) is 32.4 Å². The van der Waals surface area contributed by atoms with Gasteiger partial charge in [0.2, 0.25) is 0 Å². The van der Waals surface area contributed by atoms with Crippen molar-refractivity contribution in [2.75, 3.05) is 6.61 Å². The van der Waals surface area contributed by atoms with E-state index in [1.165, 1.54) is 24.6 Å². The Labute approximate surface area is 169 Å². The quantitative estimate of drug-likeness (QED) is 0.403. The minimum Gasteiger partial charge on any atom is -0.412 e. The van der Waals surface area contributed by atoms with E-state index in [0.29, 0.717) is 11.7 Å². The first-order valence-electron chi connectivity index (χ1n) is 11.5. The van der Waals surface area contributed by atoms with Gasteiger partial charge in [-0.25, -0.2) is 0 Å². The number of hydrogen-bond donors (Lipinski definition) is 0. The van der Waals surface area contributed by atoms with Crippen LogP contribution in [0.1, 0.15) is 87.0 Å². The summed E-state index contributed by atoms with van der Waals surface area (Å²) in [7, 11) is -1.59. The van der Waals surface area contributed by atoms with Crippen molar-refractivity contribution < 1.29 is 14.0 Å². The summed E-state index contributed by atoms with van der Waals surface area (Å²) in [6.45, 7) is 16.7. The fourth-order valence-electron chi connectivity index (χ4n) is 5.95. The molecule has 0 spiro atoms. The third-order valence-electron chi connectivity index (χ3n) is 8.01. The zero-order valence-corrected chi connectivity index (χ0v) is 20.0. The van der Waals surface area contributed by atoms with Crippen molar-refractivity contribution in [3.8, 4) is 0 Å². The number of rotatable bonds is 10. The van der Waals surface area contributed by atoms with Gasteiger partial charge in [0.1, 0.15) is 5.78 Å². The number of hydrogen-bond acceptors (Lipinski definition) is 3. The van der Waals surface area contributed by atoms with E-state index >= 15 is 0 Å². The van der Waals surface area contributed by atoms with E-state index in [-0.39, 0.29) is 23.0 Å². The summed E-state index contributed by atoms with van der Waals surface area (Å²) in [5.41, 5.74) is 0.0480. The summed E-state index contributed by atoms with van der Waals surface area (Å²) in [5, 5.41) is 0. The van der Waals surface area contributed by atoms with E-state index in [4.69, 9.17) is 9.16 Å². The third kappa shape index (κ3) is 5.05. The summed E-state index contributed by atoms with van der Waals surface area (Å²) < 4.78 is 13.1. The highest BCUT2D eigenvalue weighted by Gasteiger charge is 2.52. The van der Waals surface area contributed by atoms with Crippen molar-refractivity contribution in [3.63, 3.8) is 0 Å². The molecule has 0 radical (unpaired) electrons. The molecule has 0 saturated heterocycles. The lowest BCUT2D eigenvalue weighted by Crippen LogP contribution is -2.45. The molecule has 0 aromatic heterocycles. The molecule has 0 heterocycles. The lowest BCUT2D eigenvalue weighted by atomic mass is 9.64. The van der Waals surface area contributed by atoms with Crippen LogP contribution < -0.4 is 0 Å². The highest BCUT2D eigenvalue weighted by molar-refractivity contribution is 6.73. The molecule has 0 aromatic carbocycles. The van der Waals surface area contributed by atoms with Gasteiger partial charge in [-0.2, -0.15) is 0 Å². The van der Waals surface area contributed by atoms with Gasteiger partial charge in [0, 0.05) is 18.9 Å². The Balaban J connectivity index is 1.88. The van der Waals surface area contributed by atoms with E-state index in [0.717, 1.165) is 38.7 Å². The molecule has 2 fully saturated rings. The van der Waals surface area contributed by atoms with Crippen LogP contribution in [-0.2, 0) is 14.0 Å². The van der Waals surface area contributed by atoms with Crippen molar-refractivity contribution in [3.05, 3.63) is 0 Å². The van der Waals surface area contributed by atoms with Gasteiger partial charge in [-0.15, -0.1) is 0 Å². The number of carbonyl (C=O) groups excluding carboxylic acids is 1. The monoisotopic (exact) mass is 396 g/mol. The Bertz CT molecular complexity index is 492. The summed E-state index contributed by atoms with van der Waals surface area (Å²) >= 11 is 0. The van der Waals surface area contributed by atoms with Gasteiger partial charge in [0.15, 0.2) is 8.32 Å². The van der Waals surface area contributed by atoms with Gasteiger partial charge in [-0.1, -0.05) is 27.7 Å². The predicted octanol–water partition coefficient (Wildman–Crippen LogP) is 6.37. The lowest BCUT2D eigenvalue weighted by Gasteiger charge is -2.42. The number of fused-ring (bicyclic) bond motifs is 1. The number of ether oxygens (including phenoxy) is 1. The van der Waals surface area contributed by atoms with E-state index < -0.39 is 8.32 Å². The van der Waals surface area contributed by atoms with Crippen molar-refractivity contribution >= 4 is 14.1 Å². The Hall–Kier alpha value is -0.193. The third-order valence-corrected chi connectivity index (χ3v) is 12.9. The highest BCUT2D eigenvalue weighted by atomic mass is 28.4. The Morgan fingerprint density at radius 1 is 1.19 bits per heavy atom. The summed E-state index contributed by atoms with van der Waals surface area (Å²) in [4.78, 5) is 12.4. The molecule has 0 bridgehead atoms. The maximum absolute atomic E-state index is 12.4. The molecule has 2 rings (SSSR count). The Morgan fingerprint density at radius 3 is 2.41 bits per heavy atom. The second kappa shape index (κ2) is 9.09. The lowest BCUT2D eigenvalue weighted by molar-refractivity contribution is -0.131. The van der Waals surface area contributed by atoms with Crippen molar-refractivity contribution in [2.24, 2.45) is 17.3 Å². The molecule has 4 heteroatoms. The molecule has 3 unspecified atom stereocenters. The maximum atomic E-state index is 12.4. The molecule has 158 valence electrons. The molecule has 0 N–H and O–H groups in total. The van der Waals surface area contributed by atoms with Gasteiger partial charge in [0.05, 0.1) is 11.7 Å². The van der Waals surface area contributed by atoms with Gasteiger partial charge >= 0.3 is 0 Å². The number of ketones is 1. The molecule has 3 nitrogen and oxygen atoms in total. The van der Waals surface area contributed by atoms with Gasteiger partial charge in [-0.3, -0.25) is 4.79 Å². The average Bonchev–Trinajstić information content (AvgIpc) is 2.98. The summed E-state index contributed by atoms with van der Waals surface area (Å²) in [5.74, 6) is 1.31. The summed E-state index contributed by atoms with van der Waals surface area (Å²) in [6, 6.07) is 3.57. The van der Waals surface area contributed by atoms with Crippen LogP contribution in [0.15, 0.2) is 0 Å². The Morgan fingerprint density at radius 2 is 1.81 bits per heavy atom. The first-order chi connectivity index (χ1) is 12.6. The van der Waals surface area contributed by atoms with Crippen LogP contribution in [0.3, 0.4) is 0 Å². The fraction of sp³-hybridized carbons (Fsp3) is 0.957. The van der Waals surface area contributed by atoms with E-state index in [1.54, 1.807) is 0 Å². The molecule has 0 amide bonds. The normalized spacial score (nSPS) is 30.4. The summed E-state index contributed by atoms with van der Waals surface area (Å²) in [6.07, 6.45) is 6.43. The maximum Gasteiger partial charge on any atom is 0.192 e. The predicted molar refractivity (Wildman–Crippen MR) is 116 cm³/mol. The molecule has 2 saturated carbocycles. The van der Waals surface area contributed by atoms with Gasteiger partial charge in [0.25, 0.3) is 0 Å². The van der Waals surface area contributed by atoms with E-state index in [9.17, 15) is 4.79 Å². The molecule has 2 aliphatic carbocycles. The zero-order valence-electron chi connectivity index (χ0n) is 19.0. The van der Waals surface area contributed by atoms with Gasteiger partial charge < -0.3 is 9.16 Å². The first kappa shape index (κ1) is 23.1. The van der Waals surface area contributed by atoms with Crippen LogP contribution in [0.25, 0.3) is 0 Å². The van der Waals surface area contributed by atoms with Crippen LogP contribution in [0.4, 0.5) is 0 Å². The van der Waals surface area contributed by atoms with Crippen molar-refractivity contribution in [1.29, 1.82) is 0 Å². The van der Waals surface area contributed by atoms with Crippen molar-refractivity contribution in [2.45, 2.75) is 117 Å². The van der Waals surface area contributed by atoms with Crippen LogP contribution in [0.5, 0.6) is 0 Å². The molecule has 0 aromatic rings. The largest absolute Gasteiger partial charge is 0.412 e. The first-order valence-corrected chi connectivity index (χ1v) is 14.0. The topological polar surface area (TPSA) is 35.5 Å². The molecular weight excluding hydrogens is 352 g/mol. The number of Topliss-reactive ketones (excluding diaryl/α,β-unsaturated/α-hetero) is 1. The average molecular weight is 397 g/mol. The second-order valence-electron chi connectivity index (χ2n) is 9.99. The van der Waals surface area contributed by atoms with Crippen molar-refractivity contribution in [1.82, 2.24) is 0 Å². The SMILES string of the molecule is CC[Si](CC)(CC)OC(C)(C)CCOC(C)C1CCC2C(=O)CCC[C@@]21C. The second-order valence-corrected chi connectivity index (χ2v) is 14.7. The molecular formula is C23H44O3Si. The molecule has 4 atom stereocenters. The van der Waals surface area contributed by atoms with Crippen LogP contribution in [0, 0.1) is 17.3 Å². The minimum atomic E-state index is -1.59. The molecule has 0 aliphatic heterocycles. The fourth-order valence-corrected chi connectivity index (χ4v) is 9.16. The van der Waals surface area contributed by atoms with E-state index in [1.807, 2.05) is 0 Å². The van der Waals surface area contributed by atoms with Crippen LogP contribution in [0.2, 0.25) is 18.1 Å².